The van der Waals surface area contributed by atoms with Crippen LogP contribution in [-0.2, 0) is 41.9 Å². The van der Waals surface area contributed by atoms with E-state index >= 15 is 0 Å². The maximum absolute atomic E-state index is 13.7. The number of amides is 4. The van der Waals surface area contributed by atoms with Crippen molar-refractivity contribution in [1.82, 2.24) is 26.3 Å². The second kappa shape index (κ2) is 20.7. The maximum atomic E-state index is 13.7. The summed E-state index contributed by atoms with van der Waals surface area (Å²) in [5.74, 6) is -2.84. The van der Waals surface area contributed by atoms with Crippen LogP contribution >= 0.6 is 0 Å². The molecule has 17 heteroatoms. The Balaban J connectivity index is 1.65. The molecule has 3 atom stereocenters. The third-order valence-electron chi connectivity index (χ3n) is 7.78. The molecule has 3 rings (SSSR count). The van der Waals surface area contributed by atoms with Gasteiger partial charge in [0.15, 0.2) is 5.03 Å². The smallest absolute Gasteiger partial charge is 0.407 e. The zero-order chi connectivity index (χ0) is 37.2. The summed E-state index contributed by atoms with van der Waals surface area (Å²) in [6, 6.07) is 15.0. The number of nitrogens with zero attached hydrogens (tertiary/aromatic N) is 3. The van der Waals surface area contributed by atoms with Gasteiger partial charge in [0.25, 0.3) is 5.96 Å². The topological polar surface area (TPSA) is 237 Å². The Labute approximate surface area is 295 Å². The minimum Gasteiger partial charge on any atom is -0.459 e. The molecule has 276 valence electrons. The van der Waals surface area contributed by atoms with Crippen LogP contribution in [0.25, 0.3) is 0 Å². The van der Waals surface area contributed by atoms with Crippen molar-refractivity contribution in [2.45, 2.75) is 77.3 Å². The molecular formula is C34H46N8O9. The monoisotopic (exact) mass is 710 g/mol. The molecule has 0 aliphatic carbocycles. The van der Waals surface area contributed by atoms with Crippen LogP contribution < -0.4 is 27.1 Å². The van der Waals surface area contributed by atoms with Crippen molar-refractivity contribution < 1.29 is 38.5 Å². The first-order valence-corrected chi connectivity index (χ1v) is 16.7. The Morgan fingerprint density at radius 1 is 0.961 bits per heavy atom. The lowest BCUT2D eigenvalue weighted by molar-refractivity contribution is -0.525. The number of ether oxygens (including phenoxy) is 2. The van der Waals surface area contributed by atoms with E-state index in [-0.39, 0.29) is 51.5 Å². The largest absolute Gasteiger partial charge is 0.459 e. The van der Waals surface area contributed by atoms with Crippen molar-refractivity contribution in [3.05, 3.63) is 81.9 Å². The van der Waals surface area contributed by atoms with Crippen LogP contribution in [-0.4, -0.2) is 83.4 Å². The van der Waals surface area contributed by atoms with Gasteiger partial charge in [0.2, 0.25) is 17.7 Å². The van der Waals surface area contributed by atoms with Gasteiger partial charge in [0.05, 0.1) is 0 Å². The van der Waals surface area contributed by atoms with E-state index in [1.807, 2.05) is 38.1 Å². The summed E-state index contributed by atoms with van der Waals surface area (Å²) >= 11 is 0. The molecule has 17 nitrogen and oxygen atoms in total. The summed E-state index contributed by atoms with van der Waals surface area (Å²) in [6.07, 6.45) is 0.502. The van der Waals surface area contributed by atoms with Crippen LogP contribution in [0.3, 0.4) is 0 Å². The molecule has 0 saturated carbocycles. The highest BCUT2D eigenvalue weighted by molar-refractivity contribution is 5.94. The lowest BCUT2D eigenvalue weighted by Crippen LogP contribution is -2.56. The summed E-state index contributed by atoms with van der Waals surface area (Å²) in [6.45, 7) is 3.64. The van der Waals surface area contributed by atoms with E-state index in [0.717, 1.165) is 11.1 Å². The highest BCUT2D eigenvalue weighted by Gasteiger charge is 2.36. The zero-order valence-electron chi connectivity index (χ0n) is 28.7. The summed E-state index contributed by atoms with van der Waals surface area (Å²) in [5, 5.41) is 17.6. The van der Waals surface area contributed by atoms with Gasteiger partial charge in [-0.05, 0) is 49.1 Å². The molecule has 0 spiro atoms. The van der Waals surface area contributed by atoms with Gasteiger partial charge in [0.1, 0.15) is 37.9 Å². The quantitative estimate of drug-likeness (QED) is 0.0371. The third-order valence-corrected chi connectivity index (χ3v) is 7.78. The van der Waals surface area contributed by atoms with Crippen molar-refractivity contribution in [1.29, 1.82) is 0 Å². The van der Waals surface area contributed by atoms with E-state index in [0.29, 0.717) is 12.8 Å². The van der Waals surface area contributed by atoms with Gasteiger partial charge in [-0.15, -0.1) is 0 Å². The van der Waals surface area contributed by atoms with Gasteiger partial charge >= 0.3 is 12.1 Å². The van der Waals surface area contributed by atoms with E-state index in [1.165, 1.54) is 4.90 Å². The molecule has 1 aliphatic rings. The first-order chi connectivity index (χ1) is 24.4. The van der Waals surface area contributed by atoms with Crippen molar-refractivity contribution >= 4 is 35.7 Å². The average molecular weight is 711 g/mol. The molecule has 4 amide bonds. The van der Waals surface area contributed by atoms with E-state index < -0.39 is 65.4 Å². The van der Waals surface area contributed by atoms with E-state index in [1.54, 1.807) is 41.8 Å². The van der Waals surface area contributed by atoms with E-state index in [4.69, 9.17) is 15.2 Å². The predicted molar refractivity (Wildman–Crippen MR) is 185 cm³/mol. The molecule has 1 aliphatic heterocycles. The van der Waals surface area contributed by atoms with Crippen molar-refractivity contribution in [2.24, 2.45) is 16.6 Å². The molecule has 6 N–H and O–H groups in total. The Bertz CT molecular complexity index is 1510. The van der Waals surface area contributed by atoms with E-state index in [2.05, 4.69) is 20.9 Å². The van der Waals surface area contributed by atoms with Gasteiger partial charge in [-0.2, -0.15) is 0 Å². The Morgan fingerprint density at radius 2 is 1.59 bits per heavy atom. The summed E-state index contributed by atoms with van der Waals surface area (Å²) in [7, 11) is 0. The molecule has 0 unspecified atom stereocenters. The molecule has 51 heavy (non-hydrogen) atoms. The average Bonchev–Trinajstić information content (AvgIpc) is 3.60. The number of hydrazine groups is 1. The molecule has 2 aromatic carbocycles. The van der Waals surface area contributed by atoms with Gasteiger partial charge < -0.3 is 36.1 Å². The Hall–Kier alpha value is -5.74. The number of benzene rings is 2. The molecule has 1 saturated heterocycles. The fourth-order valence-corrected chi connectivity index (χ4v) is 5.31. The second-order valence-corrected chi connectivity index (χ2v) is 12.3. The van der Waals surface area contributed by atoms with Crippen LogP contribution in [0, 0.1) is 16.0 Å². The molecule has 2 aromatic rings. The van der Waals surface area contributed by atoms with Gasteiger partial charge in [-0.3, -0.25) is 14.4 Å². The number of nitrogens with two attached hydrogens (primary N) is 1. The van der Waals surface area contributed by atoms with Crippen LogP contribution in [0.15, 0.2) is 65.7 Å². The predicted octanol–water partition coefficient (Wildman–Crippen LogP) is 1.54. The number of likely N-dealkylation sites (tertiary alicyclic amines) is 1. The number of hydrogen-bond donors (Lipinski definition) is 5. The van der Waals surface area contributed by atoms with Crippen molar-refractivity contribution in [3.63, 3.8) is 0 Å². The van der Waals surface area contributed by atoms with E-state index in [9.17, 15) is 34.1 Å². The highest BCUT2D eigenvalue weighted by Crippen LogP contribution is 2.18. The highest BCUT2D eigenvalue weighted by atomic mass is 16.7. The minimum atomic E-state index is -1.17. The molecular weight excluding hydrogens is 664 g/mol. The number of aliphatic imine (C=N–C) groups is 1. The number of guanidine groups is 1. The lowest BCUT2D eigenvalue weighted by atomic mass is 10.0. The van der Waals surface area contributed by atoms with Gasteiger partial charge in [-0.1, -0.05) is 79.9 Å². The standard InChI is InChI=1S/C34H46N8O9/c1-23(2)19-27(32(46)50-21-24-11-5-3-6-12-24)39-30(44)26(15-9-17-36-33(35)40-42(48)49)38-31(45)28-16-10-18-41(28)29(43)20-37-34(47)51-22-25-13-7-4-8-14-25/h3-8,11-14,23,26-28H,9-10,15-22H2,1-2H3,(H,37,47)(H,38,45)(H,39,44)(H3,35,36,40)/t26-,27-,28-/m0/s1. The third kappa shape index (κ3) is 14.3. The number of nitro groups is 1. The fraction of sp³-hybridized carbons (Fsp3) is 0.471. The Kier molecular flexibility index (Phi) is 16.1. The first kappa shape index (κ1) is 39.7. The van der Waals surface area contributed by atoms with Gasteiger partial charge in [0, 0.05) is 13.1 Å². The second-order valence-electron chi connectivity index (χ2n) is 12.3. The molecule has 0 aromatic heterocycles. The summed E-state index contributed by atoms with van der Waals surface area (Å²) < 4.78 is 10.6. The number of esters is 1. The number of alkyl carbamates (subject to hydrolysis) is 1. The number of hydrogen-bond acceptors (Lipinski definition) is 10. The van der Waals surface area contributed by atoms with Crippen molar-refractivity contribution in [2.75, 3.05) is 19.6 Å². The molecule has 1 fully saturated rings. The SMILES string of the molecule is CC(C)C[C@H](NC(=O)[C@H](CCCN=C(N)N[N+](=O)[O-])NC(=O)[C@@H]1CCCN1C(=O)CNC(=O)OCc1ccccc1)C(=O)OCc1ccccc1. The number of nitrogens with one attached hydrogen (secondary N) is 4. The lowest BCUT2D eigenvalue weighted by Gasteiger charge is -2.27. The van der Waals surface area contributed by atoms with Crippen LogP contribution in [0.1, 0.15) is 57.1 Å². The maximum Gasteiger partial charge on any atom is 0.407 e. The fourth-order valence-electron chi connectivity index (χ4n) is 5.31. The number of rotatable bonds is 18. The number of carbonyl (C=O) groups is 5. The summed E-state index contributed by atoms with van der Waals surface area (Å²) in [5.41, 5.74) is 8.76. The normalized spacial score (nSPS) is 15.3. The zero-order valence-corrected chi connectivity index (χ0v) is 28.7. The van der Waals surface area contributed by atoms with Crippen LogP contribution in [0.2, 0.25) is 0 Å². The van der Waals surface area contributed by atoms with Crippen molar-refractivity contribution in [3.8, 4) is 0 Å². The summed E-state index contributed by atoms with van der Waals surface area (Å²) in [4.78, 5) is 81.4. The molecule has 0 radical (unpaired) electrons. The molecule has 1 heterocycles. The number of carbonyl (C=O) groups excluding carboxylic acids is 5. The molecule has 0 bridgehead atoms. The Morgan fingerprint density at radius 3 is 2.20 bits per heavy atom. The van der Waals surface area contributed by atoms with Crippen LogP contribution in [0.5, 0.6) is 0 Å². The first-order valence-electron chi connectivity index (χ1n) is 16.7. The minimum absolute atomic E-state index is 0.00122. The van der Waals surface area contributed by atoms with Crippen LogP contribution in [0.4, 0.5) is 4.79 Å². The van der Waals surface area contributed by atoms with Gasteiger partial charge in [-0.25, -0.2) is 24.7 Å².